The van der Waals surface area contributed by atoms with Gasteiger partial charge in [-0.2, -0.15) is 5.26 Å². The van der Waals surface area contributed by atoms with Crippen LogP contribution in [0, 0.1) is 11.3 Å². The van der Waals surface area contributed by atoms with Gasteiger partial charge in [0, 0.05) is 64.3 Å². The van der Waals surface area contributed by atoms with E-state index < -0.39 is 23.9 Å². The highest BCUT2D eigenvalue weighted by molar-refractivity contribution is 6.27. The van der Waals surface area contributed by atoms with E-state index in [2.05, 4.69) is 26.3 Å². The van der Waals surface area contributed by atoms with E-state index in [9.17, 15) is 9.90 Å². The Bertz CT molecular complexity index is 1530. The topological polar surface area (TPSA) is 225 Å². The number of carboxylic acids is 3. The lowest BCUT2D eigenvalue weighted by Crippen LogP contribution is -2.52. The number of carboxylic acid groups (broad SMARTS) is 3. The molecule has 2 fully saturated rings. The molecule has 5 rings (SSSR count). The van der Waals surface area contributed by atoms with E-state index in [1.54, 1.807) is 23.0 Å². The first-order valence-corrected chi connectivity index (χ1v) is 15.1. The zero-order valence-corrected chi connectivity index (χ0v) is 25.9. The molecule has 0 aromatic carbocycles. The van der Waals surface area contributed by atoms with Crippen molar-refractivity contribution < 1.29 is 43.9 Å². The molecule has 0 amide bonds. The van der Waals surface area contributed by atoms with Crippen molar-refractivity contribution in [2.75, 3.05) is 71.6 Å². The number of pyridine rings is 2. The number of carbonyl (C=O) groups is 3. The Balaban J connectivity index is 0.000000762. The second kappa shape index (κ2) is 17.1. The van der Waals surface area contributed by atoms with Crippen molar-refractivity contribution >= 4 is 34.9 Å². The van der Waals surface area contributed by atoms with Gasteiger partial charge in [0.25, 0.3) is 0 Å². The minimum atomic E-state index is -1.82. The number of nitrogens with one attached hydrogen (secondary N) is 1. The Hall–Kier alpha value is -4.89. The average molecular weight is 655 g/mol. The predicted molar refractivity (Wildman–Crippen MR) is 166 cm³/mol. The molecule has 2 aliphatic rings. The zero-order valence-electron chi connectivity index (χ0n) is 25.9. The normalized spacial score (nSPS) is 16.4. The van der Waals surface area contributed by atoms with Crippen molar-refractivity contribution in [3.05, 3.63) is 36.3 Å². The first-order valence-electron chi connectivity index (χ1n) is 15.1. The number of hydrogen-bond donors (Lipinski definition) is 4. The Morgan fingerprint density at radius 1 is 1.06 bits per heavy atom. The van der Waals surface area contributed by atoms with Crippen LogP contribution in [0.3, 0.4) is 0 Å². The second-order valence-corrected chi connectivity index (χ2v) is 10.9. The Morgan fingerprint density at radius 2 is 1.79 bits per heavy atom. The third-order valence-electron chi connectivity index (χ3n) is 7.64. The van der Waals surface area contributed by atoms with Gasteiger partial charge in [-0.25, -0.2) is 24.5 Å². The number of hydrogen-bond acceptors (Lipinski definition) is 13. The van der Waals surface area contributed by atoms with Gasteiger partial charge in [0.2, 0.25) is 0 Å². The number of aromatic nitrogens is 4. The molecular formula is C30H38N8O9. The highest BCUT2D eigenvalue weighted by atomic mass is 16.5. The van der Waals surface area contributed by atoms with Gasteiger partial charge in [-0.15, -0.1) is 0 Å². The number of piperazine rings is 1. The molecule has 3 aromatic rings. The third-order valence-corrected chi connectivity index (χ3v) is 7.64. The van der Waals surface area contributed by atoms with Crippen LogP contribution in [0.15, 0.2) is 30.7 Å². The van der Waals surface area contributed by atoms with Gasteiger partial charge in [0.05, 0.1) is 12.2 Å². The SMILES string of the molecule is CN1CCN(C(CCOCCOc2cc3ncn(-c4ccc(C#N)cn4)c3nc2NC2CCOCC2)C(=O)O)CC1.O=C(O)C(=O)O. The number of fused-ring (bicyclic) bond motifs is 1. The summed E-state index contributed by atoms with van der Waals surface area (Å²) < 4.78 is 19.2. The molecule has 1 unspecified atom stereocenters. The van der Waals surface area contributed by atoms with E-state index in [1.807, 2.05) is 18.0 Å². The van der Waals surface area contributed by atoms with Crippen molar-refractivity contribution in [3.8, 4) is 17.6 Å². The van der Waals surface area contributed by atoms with Gasteiger partial charge in [0.1, 0.15) is 36.4 Å². The number of rotatable bonds is 12. The van der Waals surface area contributed by atoms with Crippen molar-refractivity contribution in [2.24, 2.45) is 0 Å². The number of anilines is 1. The molecule has 4 N–H and O–H groups in total. The molecule has 2 aliphatic heterocycles. The molecule has 3 aromatic heterocycles. The maximum absolute atomic E-state index is 11.8. The number of nitriles is 1. The summed E-state index contributed by atoms with van der Waals surface area (Å²) >= 11 is 0. The van der Waals surface area contributed by atoms with Crippen LogP contribution in [0.5, 0.6) is 5.75 Å². The molecule has 0 spiro atoms. The molecular weight excluding hydrogens is 616 g/mol. The standard InChI is InChI=1S/C28H36N8O5.C2H2O4/c1-34-7-9-35(10-8-34)23(28(37)38)6-13-40-14-15-41-24-16-22-27(33-26(24)32-21-4-11-39-12-5-21)36(19-31-22)25-3-2-20(17-29)18-30-25;3-1(4)2(5)6/h2-3,16,18-19,21,23H,4-15H2,1H3,(H,32,33)(H,37,38);(H,3,4)(H,5,6). The van der Waals surface area contributed by atoms with Gasteiger partial charge in [0.15, 0.2) is 17.2 Å². The number of likely N-dealkylation sites (N-methyl/N-ethyl adjacent to an activating group) is 1. The molecule has 252 valence electrons. The molecule has 47 heavy (non-hydrogen) atoms. The number of aliphatic carboxylic acids is 3. The molecule has 0 bridgehead atoms. The zero-order chi connectivity index (χ0) is 33.8. The van der Waals surface area contributed by atoms with Crippen LogP contribution >= 0.6 is 0 Å². The minimum Gasteiger partial charge on any atom is -0.487 e. The second-order valence-electron chi connectivity index (χ2n) is 10.9. The first-order chi connectivity index (χ1) is 22.7. The van der Waals surface area contributed by atoms with E-state index >= 15 is 0 Å². The van der Waals surface area contributed by atoms with E-state index in [-0.39, 0.29) is 12.6 Å². The van der Waals surface area contributed by atoms with Gasteiger partial charge in [-0.05, 0) is 38.4 Å². The van der Waals surface area contributed by atoms with E-state index in [4.69, 9.17) is 44.3 Å². The summed E-state index contributed by atoms with van der Waals surface area (Å²) in [6.45, 7) is 5.50. The summed E-state index contributed by atoms with van der Waals surface area (Å²) in [5, 5.41) is 37.1. The van der Waals surface area contributed by atoms with Crippen molar-refractivity contribution in [2.45, 2.75) is 31.3 Å². The van der Waals surface area contributed by atoms with Crippen molar-refractivity contribution in [1.82, 2.24) is 29.3 Å². The summed E-state index contributed by atoms with van der Waals surface area (Å²) in [4.78, 5) is 48.0. The van der Waals surface area contributed by atoms with E-state index in [0.29, 0.717) is 67.0 Å². The lowest BCUT2D eigenvalue weighted by molar-refractivity contribution is -0.159. The monoisotopic (exact) mass is 654 g/mol. The van der Waals surface area contributed by atoms with Crippen molar-refractivity contribution in [3.63, 3.8) is 0 Å². The Morgan fingerprint density at radius 3 is 2.40 bits per heavy atom. The van der Waals surface area contributed by atoms with Gasteiger partial charge in [-0.3, -0.25) is 14.3 Å². The molecule has 17 nitrogen and oxygen atoms in total. The smallest absolute Gasteiger partial charge is 0.414 e. The highest BCUT2D eigenvalue weighted by Crippen LogP contribution is 2.29. The average Bonchev–Trinajstić information content (AvgIpc) is 3.48. The van der Waals surface area contributed by atoms with E-state index in [1.165, 1.54) is 6.20 Å². The minimum absolute atomic E-state index is 0.194. The van der Waals surface area contributed by atoms with Gasteiger partial charge in [-0.1, -0.05) is 0 Å². The summed E-state index contributed by atoms with van der Waals surface area (Å²) in [5.74, 6) is -2.69. The Kier molecular flexibility index (Phi) is 12.8. The third kappa shape index (κ3) is 10.0. The van der Waals surface area contributed by atoms with Crippen LogP contribution in [0.25, 0.3) is 17.0 Å². The van der Waals surface area contributed by atoms with Crippen LogP contribution in [0.2, 0.25) is 0 Å². The summed E-state index contributed by atoms with van der Waals surface area (Å²) in [6.07, 6.45) is 5.30. The van der Waals surface area contributed by atoms with Crippen molar-refractivity contribution in [1.29, 1.82) is 5.26 Å². The fraction of sp³-hybridized carbons (Fsp3) is 0.500. The first kappa shape index (κ1) is 35.0. The molecule has 5 heterocycles. The Labute approximate surface area is 270 Å². The lowest BCUT2D eigenvalue weighted by Gasteiger charge is -2.36. The fourth-order valence-corrected chi connectivity index (χ4v) is 5.04. The van der Waals surface area contributed by atoms with Crippen LogP contribution < -0.4 is 10.1 Å². The van der Waals surface area contributed by atoms with Crippen LogP contribution in [-0.4, -0.2) is 141 Å². The maximum Gasteiger partial charge on any atom is 0.414 e. The lowest BCUT2D eigenvalue weighted by atomic mass is 10.1. The molecule has 0 aliphatic carbocycles. The number of ether oxygens (including phenoxy) is 3. The van der Waals surface area contributed by atoms with Crippen LogP contribution in [-0.2, 0) is 23.9 Å². The summed E-state index contributed by atoms with van der Waals surface area (Å²) in [5.41, 5.74) is 1.73. The summed E-state index contributed by atoms with van der Waals surface area (Å²) in [7, 11) is 2.05. The summed E-state index contributed by atoms with van der Waals surface area (Å²) in [6, 6.07) is 7.03. The number of imidazole rings is 1. The van der Waals surface area contributed by atoms with E-state index in [0.717, 1.165) is 39.0 Å². The van der Waals surface area contributed by atoms with Crippen LogP contribution in [0.4, 0.5) is 5.82 Å². The quantitative estimate of drug-likeness (QED) is 0.157. The van der Waals surface area contributed by atoms with Crippen LogP contribution in [0.1, 0.15) is 24.8 Å². The largest absolute Gasteiger partial charge is 0.487 e. The highest BCUT2D eigenvalue weighted by Gasteiger charge is 2.27. The molecule has 1 atom stereocenters. The van der Waals surface area contributed by atoms with Gasteiger partial charge < -0.3 is 39.7 Å². The van der Waals surface area contributed by atoms with Gasteiger partial charge >= 0.3 is 17.9 Å². The molecule has 2 saturated heterocycles. The predicted octanol–water partition coefficient (Wildman–Crippen LogP) is 0.920. The fourth-order valence-electron chi connectivity index (χ4n) is 5.04. The molecule has 0 saturated carbocycles. The maximum atomic E-state index is 11.8. The number of nitrogens with zero attached hydrogens (tertiary/aromatic N) is 7. The molecule has 17 heteroatoms. The molecule has 0 radical (unpaired) electrons.